The van der Waals surface area contributed by atoms with Crippen LogP contribution in [0.25, 0.3) is 0 Å². The van der Waals surface area contributed by atoms with Gasteiger partial charge in [-0.3, -0.25) is 0 Å². The van der Waals surface area contributed by atoms with Crippen molar-refractivity contribution in [2.45, 2.75) is 87.9 Å². The van der Waals surface area contributed by atoms with Gasteiger partial charge < -0.3 is 20.4 Å². The molecule has 44 heavy (non-hydrogen) atoms. The van der Waals surface area contributed by atoms with Crippen LogP contribution in [0.15, 0.2) is 36.4 Å². The number of benzene rings is 2. The van der Waals surface area contributed by atoms with E-state index in [1.807, 2.05) is 0 Å². The lowest BCUT2D eigenvalue weighted by atomic mass is 9.30. The first-order valence-corrected chi connectivity index (χ1v) is 16.1. The quantitative estimate of drug-likeness (QED) is 0.270. The van der Waals surface area contributed by atoms with Gasteiger partial charge in [0.05, 0.1) is 22.3 Å². The van der Waals surface area contributed by atoms with Crippen molar-refractivity contribution in [2.75, 3.05) is 0 Å². The second-order valence-corrected chi connectivity index (χ2v) is 15.8. The molecule has 0 aliphatic heterocycles. The average molecular weight is 599 g/mol. The highest BCUT2D eigenvalue weighted by Crippen LogP contribution is 2.79. The fourth-order valence-electron chi connectivity index (χ4n) is 13.0. The zero-order valence-corrected chi connectivity index (χ0v) is 24.7. The molecular weight excluding hydrogens is 560 g/mol. The number of hydrogen-bond donors (Lipinski definition) is 4. The van der Waals surface area contributed by atoms with Crippen molar-refractivity contribution in [1.82, 2.24) is 0 Å². The maximum atomic E-state index is 12.5. The highest BCUT2D eigenvalue weighted by molar-refractivity contribution is 5.94. The molecule has 0 saturated heterocycles. The van der Waals surface area contributed by atoms with Crippen molar-refractivity contribution < 1.29 is 39.6 Å². The highest BCUT2D eigenvalue weighted by Gasteiger charge is 2.70. The Kier molecular flexibility index (Phi) is 5.66. The molecule has 0 spiro atoms. The standard InChI is InChI=1S/C36H38O8/c37-29(38)23-1-3-25(31(41)42)27(7-23)33-9-19-5-20(10-33)14-35(13-19,17-33)36-15-21-6-22(16-36)12-34(11-21,18-36)28-8-24(30(39)40)2-4-26(28)32(43)44/h1-4,7-8,19-22H,5-6,9-18H2,(H,37,38)(H,39,40)(H,41,42)(H,43,44). The van der Waals surface area contributed by atoms with Crippen molar-refractivity contribution in [2.24, 2.45) is 34.5 Å². The van der Waals surface area contributed by atoms with Crippen LogP contribution in [-0.4, -0.2) is 44.3 Å². The van der Waals surface area contributed by atoms with Gasteiger partial charge in [-0.05, 0) is 170 Å². The molecular formula is C36H38O8. The van der Waals surface area contributed by atoms with Crippen LogP contribution in [0.5, 0.6) is 0 Å². The van der Waals surface area contributed by atoms with Crippen LogP contribution >= 0.6 is 0 Å². The molecule has 10 rings (SSSR count). The van der Waals surface area contributed by atoms with Gasteiger partial charge in [0.15, 0.2) is 0 Å². The van der Waals surface area contributed by atoms with E-state index in [-0.39, 0.29) is 33.1 Å². The summed E-state index contributed by atoms with van der Waals surface area (Å²) < 4.78 is 0. The molecule has 0 aromatic heterocycles. The lowest BCUT2D eigenvalue weighted by Crippen LogP contribution is -2.66. The molecule has 8 bridgehead atoms. The third-order valence-electron chi connectivity index (χ3n) is 13.4. The van der Waals surface area contributed by atoms with E-state index in [0.717, 1.165) is 77.0 Å². The number of rotatable bonds is 7. The van der Waals surface area contributed by atoms with Crippen LogP contribution in [0.1, 0.15) is 130 Å². The second kappa shape index (κ2) is 8.95. The topological polar surface area (TPSA) is 149 Å². The molecule has 0 amide bonds. The van der Waals surface area contributed by atoms with Crippen molar-refractivity contribution in [3.63, 3.8) is 0 Å². The SMILES string of the molecule is O=C(O)c1ccc(C(=O)O)c(C23CC4CC(C2)CC(C25CC6CC(CC(c7cc(C(=O)O)ccc7C(=O)O)(C6)C2)C5)(C4)C3)c1. The Morgan fingerprint density at radius 3 is 1.14 bits per heavy atom. The van der Waals surface area contributed by atoms with Crippen molar-refractivity contribution >= 4 is 23.9 Å². The van der Waals surface area contributed by atoms with E-state index in [2.05, 4.69) is 0 Å². The minimum atomic E-state index is -1.05. The Morgan fingerprint density at radius 2 is 0.841 bits per heavy atom. The molecule has 8 aliphatic rings. The Bertz CT molecular complexity index is 1500. The first-order chi connectivity index (χ1) is 20.9. The van der Waals surface area contributed by atoms with Gasteiger partial charge in [0.2, 0.25) is 0 Å². The molecule has 8 nitrogen and oxygen atoms in total. The predicted molar refractivity (Wildman–Crippen MR) is 158 cm³/mol. The molecule has 230 valence electrons. The smallest absolute Gasteiger partial charge is 0.335 e. The van der Waals surface area contributed by atoms with Gasteiger partial charge in [-0.1, -0.05) is 0 Å². The summed E-state index contributed by atoms with van der Waals surface area (Å²) in [6.45, 7) is 0. The summed E-state index contributed by atoms with van der Waals surface area (Å²) in [6, 6.07) is 9.05. The van der Waals surface area contributed by atoms with Crippen LogP contribution in [0, 0.1) is 34.5 Å². The summed E-state index contributed by atoms with van der Waals surface area (Å²) in [6.07, 6.45) is 11.8. The third-order valence-corrected chi connectivity index (χ3v) is 13.4. The number of carboxylic acids is 4. The number of carboxylic acid groups (broad SMARTS) is 4. The third kappa shape index (κ3) is 3.75. The van der Waals surface area contributed by atoms with Gasteiger partial charge in [0.25, 0.3) is 0 Å². The van der Waals surface area contributed by atoms with Crippen molar-refractivity contribution in [1.29, 1.82) is 0 Å². The molecule has 2 aromatic rings. The van der Waals surface area contributed by atoms with E-state index in [0.29, 0.717) is 34.8 Å². The van der Waals surface area contributed by atoms with Crippen LogP contribution in [-0.2, 0) is 10.8 Å². The molecule has 4 N–H and O–H groups in total. The molecule has 4 atom stereocenters. The van der Waals surface area contributed by atoms with E-state index >= 15 is 0 Å². The Hall–Kier alpha value is -3.68. The van der Waals surface area contributed by atoms with E-state index in [9.17, 15) is 39.6 Å². The fourth-order valence-corrected chi connectivity index (χ4v) is 13.0. The maximum absolute atomic E-state index is 12.5. The Labute approximate surface area is 255 Å². The highest BCUT2D eigenvalue weighted by atomic mass is 16.4. The molecule has 8 aliphatic carbocycles. The zero-order chi connectivity index (χ0) is 30.8. The normalized spacial score (nSPS) is 39.4. The Morgan fingerprint density at radius 1 is 0.500 bits per heavy atom. The molecule has 8 saturated carbocycles. The van der Waals surface area contributed by atoms with Crippen LogP contribution < -0.4 is 0 Å². The number of aromatic carboxylic acids is 4. The fraction of sp³-hybridized carbons (Fsp3) is 0.556. The van der Waals surface area contributed by atoms with E-state index in [4.69, 9.17) is 0 Å². The largest absolute Gasteiger partial charge is 0.478 e. The predicted octanol–water partition coefficient (Wildman–Crippen LogP) is 6.86. The van der Waals surface area contributed by atoms with Gasteiger partial charge >= 0.3 is 23.9 Å². The van der Waals surface area contributed by atoms with Crippen LogP contribution in [0.2, 0.25) is 0 Å². The first kappa shape index (κ1) is 27.8. The summed E-state index contributed by atoms with van der Waals surface area (Å²) in [5.41, 5.74) is 1.19. The van der Waals surface area contributed by atoms with Crippen molar-refractivity contribution in [3.8, 4) is 0 Å². The van der Waals surface area contributed by atoms with Crippen LogP contribution in [0.4, 0.5) is 0 Å². The zero-order valence-electron chi connectivity index (χ0n) is 24.7. The summed E-state index contributed by atoms with van der Waals surface area (Å²) in [5, 5.41) is 40.2. The minimum absolute atomic E-state index is 0.0388. The molecule has 0 heterocycles. The monoisotopic (exact) mass is 598 g/mol. The van der Waals surface area contributed by atoms with E-state index in [1.54, 1.807) is 12.1 Å². The van der Waals surface area contributed by atoms with Crippen LogP contribution in [0.3, 0.4) is 0 Å². The number of hydrogen-bond acceptors (Lipinski definition) is 4. The summed E-state index contributed by atoms with van der Waals surface area (Å²) in [5.74, 6) is -2.36. The second-order valence-electron chi connectivity index (χ2n) is 15.8. The van der Waals surface area contributed by atoms with E-state index in [1.165, 1.54) is 24.3 Å². The molecule has 2 aromatic carbocycles. The van der Waals surface area contributed by atoms with E-state index < -0.39 is 34.7 Å². The van der Waals surface area contributed by atoms with Gasteiger partial charge in [-0.25, -0.2) is 19.2 Å². The summed E-state index contributed by atoms with van der Waals surface area (Å²) in [7, 11) is 0. The average Bonchev–Trinajstić information content (AvgIpc) is 2.95. The Balaban J connectivity index is 1.27. The maximum Gasteiger partial charge on any atom is 0.335 e. The summed E-state index contributed by atoms with van der Waals surface area (Å²) in [4.78, 5) is 49.1. The lowest BCUT2D eigenvalue weighted by Gasteiger charge is -2.74. The van der Waals surface area contributed by atoms with Gasteiger partial charge in [-0.2, -0.15) is 0 Å². The van der Waals surface area contributed by atoms with Crippen molar-refractivity contribution in [3.05, 3.63) is 69.8 Å². The first-order valence-electron chi connectivity index (χ1n) is 16.1. The van der Waals surface area contributed by atoms with Gasteiger partial charge in [0, 0.05) is 0 Å². The minimum Gasteiger partial charge on any atom is -0.478 e. The number of carbonyl (C=O) groups is 4. The molecule has 8 heteroatoms. The molecule has 4 unspecified atom stereocenters. The molecule has 8 fully saturated rings. The van der Waals surface area contributed by atoms with Gasteiger partial charge in [0.1, 0.15) is 0 Å². The molecule has 0 radical (unpaired) electrons. The summed E-state index contributed by atoms with van der Waals surface area (Å²) >= 11 is 0. The lowest BCUT2D eigenvalue weighted by molar-refractivity contribution is -0.212. The van der Waals surface area contributed by atoms with Gasteiger partial charge in [-0.15, -0.1) is 0 Å².